The van der Waals surface area contributed by atoms with Gasteiger partial charge in [-0.3, -0.25) is 0 Å². The van der Waals surface area contributed by atoms with Crippen molar-refractivity contribution in [3.63, 3.8) is 0 Å². The highest BCUT2D eigenvalue weighted by Gasteiger charge is 2.21. The molecule has 0 radical (unpaired) electrons. The molecule has 4 atom stereocenters. The molecule has 0 bridgehead atoms. The summed E-state index contributed by atoms with van der Waals surface area (Å²) in [5.74, 6) is 0.464. The van der Waals surface area contributed by atoms with Crippen LogP contribution in [0, 0.1) is 0 Å². The zero-order valence-corrected chi connectivity index (χ0v) is 15.0. The third-order valence-corrected chi connectivity index (χ3v) is 4.28. The van der Waals surface area contributed by atoms with Gasteiger partial charge in [-0.1, -0.05) is 39.5 Å². The van der Waals surface area contributed by atoms with Crippen molar-refractivity contribution < 1.29 is 14.9 Å². The van der Waals surface area contributed by atoms with Gasteiger partial charge in [-0.25, -0.2) is 0 Å². The number of ether oxygens (including phenoxy) is 1. The quantitative estimate of drug-likeness (QED) is 0.467. The largest absolute Gasteiger partial charge is 0.392 e. The second-order valence-electron chi connectivity index (χ2n) is 5.75. The van der Waals surface area contributed by atoms with Gasteiger partial charge in [0.05, 0.1) is 24.4 Å². The molecule has 0 saturated carbocycles. The topological polar surface area (TPSA) is 49.7 Å². The van der Waals surface area contributed by atoms with E-state index in [-0.39, 0.29) is 24.0 Å². The van der Waals surface area contributed by atoms with E-state index in [1.807, 2.05) is 0 Å². The summed E-state index contributed by atoms with van der Waals surface area (Å²) < 4.78 is 6.16. The van der Waals surface area contributed by atoms with Crippen molar-refractivity contribution in [2.75, 3.05) is 11.8 Å². The van der Waals surface area contributed by atoms with E-state index < -0.39 is 12.2 Å². The van der Waals surface area contributed by atoms with Crippen LogP contribution in [0.15, 0.2) is 0 Å². The van der Waals surface area contributed by atoms with E-state index in [1.165, 1.54) is 0 Å². The summed E-state index contributed by atoms with van der Waals surface area (Å²) in [7, 11) is 0. The Kier molecular flexibility index (Phi) is 14.4. The molecule has 0 aromatic heterocycles. The molecule has 0 spiro atoms. The Bertz CT molecular complexity index is 208. The first-order valence-corrected chi connectivity index (χ1v) is 9.27. The summed E-state index contributed by atoms with van der Waals surface area (Å²) in [5, 5.41) is 19.5. The number of hydrogen-bond acceptors (Lipinski definition) is 3. The molecule has 0 aromatic carbocycles. The first-order chi connectivity index (χ1) is 10.1. The maximum atomic E-state index is 9.76. The molecule has 3 nitrogen and oxygen atoms in total. The van der Waals surface area contributed by atoms with E-state index in [4.69, 9.17) is 27.9 Å². The van der Waals surface area contributed by atoms with Crippen molar-refractivity contribution in [2.24, 2.45) is 0 Å². The van der Waals surface area contributed by atoms with E-state index >= 15 is 0 Å². The van der Waals surface area contributed by atoms with Crippen molar-refractivity contribution in [2.45, 2.75) is 89.6 Å². The minimum Gasteiger partial charge on any atom is -0.392 e. The predicted molar refractivity (Wildman–Crippen MR) is 90.4 cm³/mol. The molecule has 0 aliphatic rings. The van der Waals surface area contributed by atoms with Crippen LogP contribution in [-0.2, 0) is 4.74 Å². The maximum absolute atomic E-state index is 9.76. The highest BCUT2D eigenvalue weighted by atomic mass is 35.5. The second kappa shape index (κ2) is 14.1. The van der Waals surface area contributed by atoms with Gasteiger partial charge in [0.15, 0.2) is 0 Å². The number of aliphatic hydroxyl groups is 2. The smallest absolute Gasteiger partial charge is 0.0700 e. The lowest BCUT2D eigenvalue weighted by Gasteiger charge is -2.27. The zero-order chi connectivity index (χ0) is 16.1. The number of rotatable bonds is 14. The van der Waals surface area contributed by atoms with Gasteiger partial charge in [0.25, 0.3) is 0 Å². The normalized spacial score (nSPS) is 17.4. The Labute approximate surface area is 140 Å². The fourth-order valence-corrected chi connectivity index (χ4v) is 2.60. The van der Waals surface area contributed by atoms with Crippen LogP contribution in [0.5, 0.6) is 0 Å². The molecule has 4 unspecified atom stereocenters. The Morgan fingerprint density at radius 3 is 1.48 bits per heavy atom. The lowest BCUT2D eigenvalue weighted by atomic mass is 10.0. The molecule has 21 heavy (non-hydrogen) atoms. The second-order valence-corrected chi connectivity index (χ2v) is 6.37. The molecule has 0 rings (SSSR count). The third kappa shape index (κ3) is 11.7. The molecule has 0 aliphatic heterocycles. The van der Waals surface area contributed by atoms with Gasteiger partial charge in [-0.15, -0.1) is 23.2 Å². The van der Waals surface area contributed by atoms with Crippen molar-refractivity contribution in [1.29, 1.82) is 0 Å². The molecule has 5 heteroatoms. The Balaban J connectivity index is 4.50. The predicted octanol–water partition coefficient (Wildman–Crippen LogP) is 4.10. The van der Waals surface area contributed by atoms with Crippen LogP contribution in [0.1, 0.15) is 65.2 Å². The fourth-order valence-electron chi connectivity index (χ4n) is 2.35. The van der Waals surface area contributed by atoms with Gasteiger partial charge in [0.2, 0.25) is 0 Å². The van der Waals surface area contributed by atoms with Crippen LogP contribution in [0.3, 0.4) is 0 Å². The lowest BCUT2D eigenvalue weighted by molar-refractivity contribution is -0.0574. The summed E-state index contributed by atoms with van der Waals surface area (Å²) in [6, 6.07) is 0. The summed E-state index contributed by atoms with van der Waals surface area (Å²) >= 11 is 11.4. The van der Waals surface area contributed by atoms with E-state index in [2.05, 4.69) is 13.8 Å². The first kappa shape index (κ1) is 21.5. The monoisotopic (exact) mass is 342 g/mol. The molecular formula is C16H32Cl2O3. The molecule has 0 aromatic rings. The van der Waals surface area contributed by atoms with Crippen LogP contribution in [0.2, 0.25) is 0 Å². The van der Waals surface area contributed by atoms with Gasteiger partial charge in [-0.05, 0) is 12.8 Å². The minimum absolute atomic E-state index is 0.00285. The first-order valence-electron chi connectivity index (χ1n) is 8.20. The van der Waals surface area contributed by atoms with Crippen LogP contribution in [0.25, 0.3) is 0 Å². The van der Waals surface area contributed by atoms with Crippen molar-refractivity contribution in [3.05, 3.63) is 0 Å². The average molecular weight is 343 g/mol. The molecule has 0 aliphatic carbocycles. The van der Waals surface area contributed by atoms with Gasteiger partial charge in [-0.2, -0.15) is 0 Å². The van der Waals surface area contributed by atoms with E-state index in [1.54, 1.807) is 0 Å². The molecular weight excluding hydrogens is 311 g/mol. The van der Waals surface area contributed by atoms with Gasteiger partial charge in [0, 0.05) is 24.6 Å². The summed E-state index contributed by atoms with van der Waals surface area (Å²) in [6.07, 6.45) is 6.24. The summed E-state index contributed by atoms with van der Waals surface area (Å²) in [5.41, 5.74) is 0. The molecule has 0 amide bonds. The number of alkyl halides is 2. The van der Waals surface area contributed by atoms with Crippen LogP contribution in [0.4, 0.5) is 0 Å². The van der Waals surface area contributed by atoms with Crippen molar-refractivity contribution >= 4 is 23.2 Å². The average Bonchev–Trinajstić information content (AvgIpc) is 2.49. The van der Waals surface area contributed by atoms with Crippen LogP contribution < -0.4 is 0 Å². The summed E-state index contributed by atoms with van der Waals surface area (Å²) in [4.78, 5) is 0. The Morgan fingerprint density at radius 2 is 1.19 bits per heavy atom. The SMILES string of the molecule is CCCCC(CC(O)CCl)OC(CCCC)CC(O)CCl. The van der Waals surface area contributed by atoms with Crippen molar-refractivity contribution in [3.8, 4) is 0 Å². The lowest BCUT2D eigenvalue weighted by Crippen LogP contribution is -2.30. The molecule has 2 N–H and O–H groups in total. The fraction of sp³-hybridized carbons (Fsp3) is 1.00. The molecule has 128 valence electrons. The maximum Gasteiger partial charge on any atom is 0.0700 e. The van der Waals surface area contributed by atoms with Gasteiger partial charge < -0.3 is 14.9 Å². The third-order valence-electron chi connectivity index (χ3n) is 3.57. The molecule has 0 saturated heterocycles. The summed E-state index contributed by atoms with van der Waals surface area (Å²) in [6.45, 7) is 4.28. The van der Waals surface area contributed by atoms with E-state index in [9.17, 15) is 10.2 Å². The molecule has 0 fully saturated rings. The number of aliphatic hydroxyl groups excluding tert-OH is 2. The van der Waals surface area contributed by atoms with Gasteiger partial charge in [0.1, 0.15) is 0 Å². The number of halogens is 2. The molecule has 0 heterocycles. The van der Waals surface area contributed by atoms with Crippen LogP contribution >= 0.6 is 23.2 Å². The highest BCUT2D eigenvalue weighted by Crippen LogP contribution is 2.20. The Morgan fingerprint density at radius 1 is 0.810 bits per heavy atom. The standard InChI is InChI=1S/C16H32Cl2O3/c1-3-5-7-15(9-13(19)11-17)21-16(8-6-4-2)10-14(20)12-18/h13-16,19-20H,3-12H2,1-2H3. The highest BCUT2D eigenvalue weighted by molar-refractivity contribution is 6.18. The van der Waals surface area contributed by atoms with E-state index in [0.29, 0.717) is 12.8 Å². The Hall–Kier alpha value is 0.460. The van der Waals surface area contributed by atoms with Crippen molar-refractivity contribution in [1.82, 2.24) is 0 Å². The zero-order valence-electron chi connectivity index (χ0n) is 13.4. The van der Waals surface area contributed by atoms with Crippen LogP contribution in [-0.4, -0.2) is 46.4 Å². The number of hydrogen-bond donors (Lipinski definition) is 2. The minimum atomic E-state index is -0.529. The van der Waals surface area contributed by atoms with E-state index in [0.717, 1.165) is 38.5 Å². The number of unbranched alkanes of at least 4 members (excludes halogenated alkanes) is 2. The van der Waals surface area contributed by atoms with Gasteiger partial charge >= 0.3 is 0 Å².